The fraction of sp³-hybridized carbons (Fsp3) is 0.500. The second-order valence-corrected chi connectivity index (χ2v) is 6.48. The lowest BCUT2D eigenvalue weighted by Crippen LogP contribution is -2.34. The summed E-state index contributed by atoms with van der Waals surface area (Å²) in [4.78, 5) is 23.1. The Bertz CT molecular complexity index is 553. The molecule has 0 spiro atoms. The van der Waals surface area contributed by atoms with Crippen molar-refractivity contribution in [1.29, 1.82) is 0 Å². The van der Waals surface area contributed by atoms with Crippen molar-refractivity contribution in [2.24, 2.45) is 11.8 Å². The number of amides is 1. The van der Waals surface area contributed by atoms with Gasteiger partial charge in [0.2, 0.25) is 5.91 Å². The zero-order valence-electron chi connectivity index (χ0n) is 12.5. The largest absolute Gasteiger partial charge is 0.496 e. The number of hydrogen-bond acceptors (Lipinski definition) is 3. The molecule has 1 amide bonds. The van der Waals surface area contributed by atoms with Crippen LogP contribution in [0.2, 0.25) is 0 Å². The van der Waals surface area contributed by atoms with E-state index < -0.39 is 5.97 Å². The van der Waals surface area contributed by atoms with E-state index in [4.69, 9.17) is 9.84 Å². The molecule has 0 bridgehead atoms. The van der Waals surface area contributed by atoms with Crippen LogP contribution in [0.3, 0.4) is 0 Å². The van der Waals surface area contributed by atoms with Crippen molar-refractivity contribution in [1.82, 2.24) is 5.32 Å². The molecule has 6 heteroatoms. The van der Waals surface area contributed by atoms with Crippen LogP contribution in [0.25, 0.3) is 0 Å². The van der Waals surface area contributed by atoms with Gasteiger partial charge < -0.3 is 15.2 Å². The van der Waals surface area contributed by atoms with Gasteiger partial charge in [0, 0.05) is 22.5 Å². The van der Waals surface area contributed by atoms with Crippen LogP contribution in [-0.4, -0.2) is 24.1 Å². The summed E-state index contributed by atoms with van der Waals surface area (Å²) in [5.41, 5.74) is 0.907. The maximum absolute atomic E-state index is 12.2. The predicted molar refractivity (Wildman–Crippen MR) is 85.6 cm³/mol. The Morgan fingerprint density at radius 3 is 2.50 bits per heavy atom. The molecular weight excluding hydrogens is 350 g/mol. The zero-order valence-corrected chi connectivity index (χ0v) is 14.1. The number of methoxy groups -OCH3 is 1. The molecular formula is C16H20BrNO4. The van der Waals surface area contributed by atoms with Gasteiger partial charge in [0.25, 0.3) is 0 Å². The number of benzene rings is 1. The number of carbonyl (C=O) groups excluding carboxylic acids is 1. The van der Waals surface area contributed by atoms with Crippen molar-refractivity contribution in [2.45, 2.75) is 32.2 Å². The van der Waals surface area contributed by atoms with Gasteiger partial charge in [0.1, 0.15) is 5.75 Å². The first kappa shape index (κ1) is 16.8. The second kappa shape index (κ2) is 7.63. The molecule has 0 aliphatic heterocycles. The van der Waals surface area contributed by atoms with E-state index in [1.165, 1.54) is 0 Å². The van der Waals surface area contributed by atoms with Gasteiger partial charge in [-0.2, -0.15) is 0 Å². The van der Waals surface area contributed by atoms with Crippen molar-refractivity contribution in [3.63, 3.8) is 0 Å². The third kappa shape index (κ3) is 4.22. The van der Waals surface area contributed by atoms with Gasteiger partial charge in [-0.15, -0.1) is 0 Å². The number of carboxylic acids is 1. The highest BCUT2D eigenvalue weighted by atomic mass is 79.9. The molecule has 22 heavy (non-hydrogen) atoms. The van der Waals surface area contributed by atoms with Crippen molar-refractivity contribution >= 4 is 27.8 Å². The third-order valence-corrected chi connectivity index (χ3v) is 4.64. The molecule has 0 heterocycles. The molecule has 2 rings (SSSR count). The lowest BCUT2D eigenvalue weighted by atomic mass is 9.81. The summed E-state index contributed by atoms with van der Waals surface area (Å²) < 4.78 is 6.21. The van der Waals surface area contributed by atoms with E-state index in [1.807, 2.05) is 18.2 Å². The van der Waals surface area contributed by atoms with Gasteiger partial charge in [-0.25, -0.2) is 0 Å². The number of aliphatic carboxylic acids is 1. The third-order valence-electron chi connectivity index (χ3n) is 4.14. The van der Waals surface area contributed by atoms with Crippen LogP contribution in [0.1, 0.15) is 31.2 Å². The van der Waals surface area contributed by atoms with Crippen LogP contribution in [0.4, 0.5) is 0 Å². The monoisotopic (exact) mass is 369 g/mol. The Kier molecular flexibility index (Phi) is 5.83. The predicted octanol–water partition coefficient (Wildman–Crippen LogP) is 2.96. The molecule has 1 aliphatic rings. The molecule has 1 aromatic rings. The minimum atomic E-state index is -0.752. The first-order valence-corrected chi connectivity index (χ1v) is 8.13. The van der Waals surface area contributed by atoms with Gasteiger partial charge in [0.05, 0.1) is 13.0 Å². The van der Waals surface area contributed by atoms with Gasteiger partial charge >= 0.3 is 5.97 Å². The molecule has 120 valence electrons. The average molecular weight is 370 g/mol. The van der Waals surface area contributed by atoms with E-state index in [2.05, 4.69) is 21.2 Å². The van der Waals surface area contributed by atoms with Gasteiger partial charge in [-0.1, -0.05) is 15.9 Å². The summed E-state index contributed by atoms with van der Waals surface area (Å²) in [7, 11) is 1.60. The van der Waals surface area contributed by atoms with E-state index in [1.54, 1.807) is 7.11 Å². The molecule has 0 atom stereocenters. The number of rotatable bonds is 5. The van der Waals surface area contributed by atoms with Crippen LogP contribution in [0.5, 0.6) is 5.75 Å². The topological polar surface area (TPSA) is 75.6 Å². The van der Waals surface area contributed by atoms with Crippen LogP contribution >= 0.6 is 15.9 Å². The Labute approximate surface area is 138 Å². The fourth-order valence-electron chi connectivity index (χ4n) is 2.81. The smallest absolute Gasteiger partial charge is 0.306 e. The molecule has 0 unspecified atom stereocenters. The standard InChI is InChI=1S/C16H20BrNO4/c1-22-14-7-6-13(17)8-12(14)9-18-15(19)10-2-4-11(5-3-10)16(20)21/h6-8,10-11H,2-5,9H2,1H3,(H,18,19)(H,20,21). The summed E-state index contributed by atoms with van der Waals surface area (Å²) in [6.07, 6.45) is 2.43. The molecule has 0 aromatic heterocycles. The van der Waals surface area contributed by atoms with Crippen LogP contribution in [0.15, 0.2) is 22.7 Å². The number of hydrogen-bond donors (Lipinski definition) is 2. The molecule has 0 radical (unpaired) electrons. The van der Waals surface area contributed by atoms with Crippen molar-refractivity contribution in [3.8, 4) is 5.75 Å². The first-order chi connectivity index (χ1) is 10.5. The first-order valence-electron chi connectivity index (χ1n) is 7.34. The van der Waals surface area contributed by atoms with E-state index in [0.29, 0.717) is 32.2 Å². The molecule has 1 fully saturated rings. The molecule has 2 N–H and O–H groups in total. The second-order valence-electron chi connectivity index (χ2n) is 5.56. The highest BCUT2D eigenvalue weighted by Gasteiger charge is 2.29. The van der Waals surface area contributed by atoms with Crippen molar-refractivity contribution in [3.05, 3.63) is 28.2 Å². The Hall–Kier alpha value is -1.56. The molecule has 1 aromatic carbocycles. The van der Waals surface area contributed by atoms with E-state index >= 15 is 0 Å². The number of carboxylic acid groups (broad SMARTS) is 1. The number of carbonyl (C=O) groups is 2. The van der Waals surface area contributed by atoms with Gasteiger partial charge in [-0.3, -0.25) is 9.59 Å². The number of nitrogens with one attached hydrogen (secondary N) is 1. The van der Waals surface area contributed by atoms with Gasteiger partial charge in [-0.05, 0) is 43.9 Å². The minimum absolute atomic E-state index is 0.00846. The highest BCUT2D eigenvalue weighted by molar-refractivity contribution is 9.10. The Balaban J connectivity index is 1.88. The van der Waals surface area contributed by atoms with E-state index in [-0.39, 0.29) is 17.7 Å². The lowest BCUT2D eigenvalue weighted by molar-refractivity contribution is -0.144. The van der Waals surface area contributed by atoms with E-state index in [0.717, 1.165) is 15.8 Å². The summed E-state index contributed by atoms with van der Waals surface area (Å²) >= 11 is 3.41. The van der Waals surface area contributed by atoms with Crippen molar-refractivity contribution < 1.29 is 19.4 Å². The maximum atomic E-state index is 12.2. The minimum Gasteiger partial charge on any atom is -0.496 e. The van der Waals surface area contributed by atoms with Crippen molar-refractivity contribution in [2.75, 3.05) is 7.11 Å². The summed E-state index contributed by atoms with van der Waals surface area (Å²) in [5, 5.41) is 11.9. The van der Waals surface area contributed by atoms with Crippen LogP contribution in [-0.2, 0) is 16.1 Å². The molecule has 5 nitrogen and oxygen atoms in total. The highest BCUT2D eigenvalue weighted by Crippen LogP contribution is 2.29. The Morgan fingerprint density at radius 2 is 1.91 bits per heavy atom. The molecule has 0 saturated heterocycles. The Morgan fingerprint density at radius 1 is 1.27 bits per heavy atom. The zero-order chi connectivity index (χ0) is 16.1. The average Bonchev–Trinajstić information content (AvgIpc) is 2.52. The molecule has 1 saturated carbocycles. The van der Waals surface area contributed by atoms with Gasteiger partial charge in [0.15, 0.2) is 0 Å². The quantitative estimate of drug-likeness (QED) is 0.836. The fourth-order valence-corrected chi connectivity index (χ4v) is 3.22. The lowest BCUT2D eigenvalue weighted by Gasteiger charge is -2.25. The summed E-state index contributed by atoms with van der Waals surface area (Å²) in [6.45, 7) is 0.403. The van der Waals surface area contributed by atoms with Crippen LogP contribution < -0.4 is 10.1 Å². The van der Waals surface area contributed by atoms with E-state index in [9.17, 15) is 9.59 Å². The van der Waals surface area contributed by atoms with Crippen LogP contribution in [0, 0.1) is 11.8 Å². The summed E-state index contributed by atoms with van der Waals surface area (Å²) in [5.74, 6) is -0.412. The summed E-state index contributed by atoms with van der Waals surface area (Å²) in [6, 6.07) is 5.65. The number of ether oxygens (including phenoxy) is 1. The number of halogens is 1. The maximum Gasteiger partial charge on any atom is 0.306 e. The molecule has 1 aliphatic carbocycles. The SMILES string of the molecule is COc1ccc(Br)cc1CNC(=O)C1CCC(C(=O)O)CC1. The normalized spacial score (nSPS) is 21.2.